The van der Waals surface area contributed by atoms with Crippen LogP contribution in [0.15, 0.2) is 46.8 Å². The fourth-order valence-corrected chi connectivity index (χ4v) is 6.17. The molecule has 2 N–H and O–H groups in total. The smallest absolute Gasteiger partial charge is 0.404 e. The van der Waals surface area contributed by atoms with Crippen LogP contribution in [0.25, 0.3) is 16.9 Å². The zero-order valence-corrected chi connectivity index (χ0v) is 23.7. The van der Waals surface area contributed by atoms with Crippen molar-refractivity contribution in [2.45, 2.75) is 16.6 Å². The van der Waals surface area contributed by atoms with Crippen LogP contribution in [0.2, 0.25) is 4.34 Å². The van der Waals surface area contributed by atoms with E-state index in [1.807, 2.05) is 0 Å². The molecule has 226 valence electrons. The van der Waals surface area contributed by atoms with Crippen molar-refractivity contribution in [2.75, 3.05) is 32.5 Å². The molecule has 1 aromatic carbocycles. The molecule has 0 saturated heterocycles. The van der Waals surface area contributed by atoms with Gasteiger partial charge in [0.15, 0.2) is 17.1 Å². The molecule has 0 fully saturated rings. The number of alkyl halides is 6. The Labute approximate surface area is 242 Å². The maximum Gasteiger partial charge on any atom is 0.433 e. The number of benzene rings is 1. The summed E-state index contributed by atoms with van der Waals surface area (Å²) in [6, 6.07) is 4.94. The van der Waals surface area contributed by atoms with Crippen molar-refractivity contribution >= 4 is 50.4 Å². The highest BCUT2D eigenvalue weighted by Gasteiger charge is 2.36. The van der Waals surface area contributed by atoms with Crippen molar-refractivity contribution in [3.8, 4) is 17.0 Å². The number of aromatic nitrogens is 3. The first-order valence-corrected chi connectivity index (χ1v) is 14.2. The summed E-state index contributed by atoms with van der Waals surface area (Å²) in [5, 5.41) is 5.80. The van der Waals surface area contributed by atoms with Gasteiger partial charge in [0.2, 0.25) is 10.0 Å². The van der Waals surface area contributed by atoms with Gasteiger partial charge in [-0.3, -0.25) is 5.32 Å². The predicted octanol–water partition coefficient (Wildman–Crippen LogP) is 5.60. The number of hydrogen-bond acceptors (Lipinski definition) is 8. The molecule has 3 heterocycles. The molecule has 0 aliphatic heterocycles. The molecular weight excluding hydrogens is 638 g/mol. The number of carbonyl (C=O) groups excluding carboxylic acids is 1. The van der Waals surface area contributed by atoms with E-state index in [0.717, 1.165) is 24.4 Å². The molecule has 19 heteroatoms. The summed E-state index contributed by atoms with van der Waals surface area (Å²) in [5.41, 5.74) is -3.52. The second kappa shape index (κ2) is 11.7. The Hall–Kier alpha value is -3.45. The van der Waals surface area contributed by atoms with E-state index in [-0.39, 0.29) is 32.0 Å². The summed E-state index contributed by atoms with van der Waals surface area (Å²) in [6.45, 7) is 0.520. The second-order valence-electron chi connectivity index (χ2n) is 8.81. The Kier molecular flexibility index (Phi) is 8.75. The molecule has 4 aromatic rings. The van der Waals surface area contributed by atoms with E-state index in [4.69, 9.17) is 16.3 Å². The van der Waals surface area contributed by atoms with Crippen molar-refractivity contribution in [3.63, 3.8) is 0 Å². The van der Waals surface area contributed by atoms with Gasteiger partial charge in [-0.1, -0.05) is 23.7 Å². The quantitative estimate of drug-likeness (QED) is 0.237. The highest BCUT2D eigenvalue weighted by molar-refractivity contribution is 7.91. The molecule has 10 nitrogen and oxygen atoms in total. The number of likely N-dealkylation sites (N-methyl/N-ethyl adjacent to an activating group) is 1. The highest BCUT2D eigenvalue weighted by atomic mass is 35.5. The first kappa shape index (κ1) is 31.5. The maximum absolute atomic E-state index is 13.8. The molecule has 3 aromatic heterocycles. The summed E-state index contributed by atoms with van der Waals surface area (Å²) in [6.07, 6.45) is -10.1. The lowest BCUT2D eigenvalue weighted by Crippen LogP contribution is -2.31. The van der Waals surface area contributed by atoms with Crippen molar-refractivity contribution in [1.82, 2.24) is 24.2 Å². The summed E-state index contributed by atoms with van der Waals surface area (Å²) >= 11 is 6.73. The first-order chi connectivity index (χ1) is 19.5. The van der Waals surface area contributed by atoms with E-state index < -0.39 is 51.1 Å². The molecule has 0 saturated carbocycles. The number of anilines is 1. The molecule has 0 atom stereocenters. The Morgan fingerprint density at radius 2 is 1.76 bits per heavy atom. The molecule has 0 aliphatic rings. The summed E-state index contributed by atoms with van der Waals surface area (Å²) in [7, 11) is -0.454. The van der Waals surface area contributed by atoms with Gasteiger partial charge in [-0.15, -0.1) is 11.3 Å². The lowest BCUT2D eigenvalue weighted by molar-refractivity contribution is -0.142. The van der Waals surface area contributed by atoms with Crippen LogP contribution in [0.5, 0.6) is 5.75 Å². The topological polar surface area (TPSA) is 118 Å². The van der Waals surface area contributed by atoms with Crippen molar-refractivity contribution < 1.29 is 44.3 Å². The van der Waals surface area contributed by atoms with E-state index in [9.17, 15) is 39.6 Å². The van der Waals surface area contributed by atoms with Gasteiger partial charge in [-0.2, -0.15) is 31.4 Å². The molecule has 0 radical (unpaired) electrons. The second-order valence-corrected chi connectivity index (χ2v) is 12.5. The van der Waals surface area contributed by atoms with Gasteiger partial charge in [-0.25, -0.2) is 27.4 Å². The fraction of sp³-hybridized carbons (Fsp3) is 0.261. The van der Waals surface area contributed by atoms with Crippen LogP contribution in [-0.2, 0) is 22.4 Å². The van der Waals surface area contributed by atoms with Crippen LogP contribution < -0.4 is 14.8 Å². The lowest BCUT2D eigenvalue weighted by Gasteiger charge is -2.12. The average molecular weight is 657 g/mol. The van der Waals surface area contributed by atoms with Crippen LogP contribution >= 0.6 is 22.9 Å². The average Bonchev–Trinajstić information content (AvgIpc) is 3.45. The molecule has 4 rings (SSSR count). The summed E-state index contributed by atoms with van der Waals surface area (Å²) < 4.78 is 113. The Morgan fingerprint density at radius 3 is 2.36 bits per heavy atom. The fourth-order valence-electron chi connectivity index (χ4n) is 3.47. The Balaban J connectivity index is 1.61. The van der Waals surface area contributed by atoms with E-state index in [1.54, 1.807) is 19.0 Å². The third-order valence-corrected chi connectivity index (χ3v) is 8.75. The van der Waals surface area contributed by atoms with Crippen LogP contribution in [0.4, 0.5) is 36.8 Å². The van der Waals surface area contributed by atoms with Gasteiger partial charge in [0.1, 0.15) is 8.55 Å². The van der Waals surface area contributed by atoms with Crippen LogP contribution in [0.1, 0.15) is 11.3 Å². The number of halogens is 7. The highest BCUT2D eigenvalue weighted by Crippen LogP contribution is 2.37. The van der Waals surface area contributed by atoms with Crippen LogP contribution in [0.3, 0.4) is 0 Å². The zero-order chi connectivity index (χ0) is 31.0. The number of ether oxygens (including phenoxy) is 1. The molecule has 0 unspecified atom stereocenters. The maximum atomic E-state index is 13.8. The minimum Gasteiger partial charge on any atom is -0.404 e. The van der Waals surface area contributed by atoms with Gasteiger partial charge >= 0.3 is 18.4 Å². The third kappa shape index (κ3) is 7.12. The van der Waals surface area contributed by atoms with E-state index in [2.05, 4.69) is 20.1 Å². The van der Waals surface area contributed by atoms with Gasteiger partial charge in [0.05, 0.1) is 23.1 Å². The number of amides is 1. The van der Waals surface area contributed by atoms with Gasteiger partial charge in [-0.05, 0) is 38.4 Å². The van der Waals surface area contributed by atoms with Crippen molar-refractivity contribution in [2.24, 2.45) is 0 Å². The number of nitrogens with zero attached hydrogens (tertiary/aromatic N) is 4. The van der Waals surface area contributed by atoms with Gasteiger partial charge in [0, 0.05) is 18.7 Å². The summed E-state index contributed by atoms with van der Waals surface area (Å²) in [5.74, 6) is -0.531. The number of hydrogen-bond donors (Lipinski definition) is 2. The van der Waals surface area contributed by atoms with Crippen molar-refractivity contribution in [1.29, 1.82) is 0 Å². The standard InChI is InChI=1S/C23H19ClF6N6O4S2/c1-35(2)8-7-32-42(38,39)18-10-15(19(24)41-18)34-21(37)40-16-11-31-36-17(23(28,29)30)9-14(33-20(16)36)12-3-5-13(6-4-12)22(25,26)27/h3-6,9-11,32H,7-8H2,1-2H3,(H,34,37). The lowest BCUT2D eigenvalue weighted by atomic mass is 10.1. The molecule has 42 heavy (non-hydrogen) atoms. The predicted molar refractivity (Wildman–Crippen MR) is 141 cm³/mol. The van der Waals surface area contributed by atoms with Gasteiger partial charge in [0.25, 0.3) is 0 Å². The summed E-state index contributed by atoms with van der Waals surface area (Å²) in [4.78, 5) is 18.4. The van der Waals surface area contributed by atoms with Crippen LogP contribution in [0, 0.1) is 0 Å². The normalized spacial score (nSPS) is 12.7. The minimum atomic E-state index is -4.97. The van der Waals surface area contributed by atoms with Gasteiger partial charge < -0.3 is 9.64 Å². The molecule has 1 amide bonds. The third-order valence-electron chi connectivity index (χ3n) is 5.46. The largest absolute Gasteiger partial charge is 0.433 e. The SMILES string of the molecule is CN(C)CCNS(=O)(=O)c1cc(NC(=O)Oc2cnn3c(C(F)(F)F)cc(-c4ccc(C(F)(F)F)cc4)nc23)c(Cl)s1. The van der Waals surface area contributed by atoms with E-state index in [0.29, 0.717) is 40.6 Å². The number of thiophene rings is 1. The molecule has 0 aliphatic carbocycles. The number of carbonyl (C=O) groups is 1. The van der Waals surface area contributed by atoms with Crippen LogP contribution in [-0.4, -0.2) is 61.2 Å². The first-order valence-electron chi connectivity index (χ1n) is 11.5. The van der Waals surface area contributed by atoms with E-state index in [1.165, 1.54) is 0 Å². The van der Waals surface area contributed by atoms with E-state index >= 15 is 0 Å². The number of fused-ring (bicyclic) bond motifs is 1. The molecule has 0 spiro atoms. The molecule has 0 bridgehead atoms. The Morgan fingerprint density at radius 1 is 1.10 bits per heavy atom. The van der Waals surface area contributed by atoms with Crippen molar-refractivity contribution in [3.05, 3.63) is 58.2 Å². The molecular formula is C23H19ClF6N6O4S2. The minimum absolute atomic E-state index is 0.0782. The monoisotopic (exact) mass is 656 g/mol. The number of nitrogens with one attached hydrogen (secondary N) is 2. The Bertz CT molecular complexity index is 1720. The number of rotatable bonds is 8. The zero-order valence-electron chi connectivity index (χ0n) is 21.3. The number of sulfonamides is 1.